The molecule has 0 aliphatic carbocycles. The van der Waals surface area contributed by atoms with Crippen molar-refractivity contribution in [2.75, 3.05) is 13.1 Å². The Morgan fingerprint density at radius 3 is 2.45 bits per heavy atom. The maximum absolute atomic E-state index is 12.5. The highest BCUT2D eigenvalue weighted by atomic mass is 32.2. The van der Waals surface area contributed by atoms with Gasteiger partial charge in [0.25, 0.3) is 11.8 Å². The van der Waals surface area contributed by atoms with Crippen molar-refractivity contribution in [1.29, 1.82) is 0 Å². The molecule has 3 heterocycles. The van der Waals surface area contributed by atoms with Crippen LogP contribution in [-0.4, -0.2) is 43.8 Å². The number of nitrogens with one attached hydrogen (secondary N) is 1. The number of hydrogen-bond acceptors (Lipinski definition) is 4. The Hall–Kier alpha value is -3.26. The number of carbonyl (C=O) groups excluding carboxylic acids is 2. The van der Waals surface area contributed by atoms with Crippen molar-refractivity contribution in [2.45, 2.75) is 12.8 Å². The van der Waals surface area contributed by atoms with Crippen molar-refractivity contribution >= 4 is 38.7 Å². The summed E-state index contributed by atoms with van der Waals surface area (Å²) < 4.78 is 15.9. The van der Waals surface area contributed by atoms with Gasteiger partial charge in [0.1, 0.15) is 0 Å². The molecule has 1 atom stereocenters. The number of carbonyl (C=O) groups is 2. The summed E-state index contributed by atoms with van der Waals surface area (Å²) in [4.78, 5) is 25.8. The minimum Gasteiger partial charge on any atom is -0.339 e. The molecule has 1 aromatic heterocycles. The highest BCUT2D eigenvalue weighted by molar-refractivity contribution is 7.93. The molecule has 1 saturated heterocycles. The number of fused-ring (bicyclic) bond motifs is 1. The number of likely N-dealkylation sites (tertiary alicyclic amines) is 1. The summed E-state index contributed by atoms with van der Waals surface area (Å²) in [5, 5.41) is 5.49. The van der Waals surface area contributed by atoms with Crippen molar-refractivity contribution < 1.29 is 13.8 Å². The van der Waals surface area contributed by atoms with Crippen LogP contribution in [0.1, 0.15) is 23.2 Å². The van der Waals surface area contributed by atoms with E-state index in [1.165, 1.54) is 10.8 Å². The smallest absolute Gasteiger partial charge is 0.258 e. The predicted octanol–water partition coefficient (Wildman–Crippen LogP) is 2.53. The molecular formula is C21H18N4O3S. The number of aromatic nitrogens is 2. The fourth-order valence-corrected chi connectivity index (χ4v) is 4.64. The Morgan fingerprint density at radius 2 is 1.76 bits per heavy atom. The third kappa shape index (κ3) is 3.15. The number of hydrogen-bond donors (Lipinski definition) is 1. The normalized spacial score (nSPS) is 18.9. The van der Waals surface area contributed by atoms with E-state index in [0.29, 0.717) is 10.6 Å². The third-order valence-electron chi connectivity index (χ3n) is 5.27. The molecule has 3 aromatic rings. The minimum absolute atomic E-state index is 0.0896. The van der Waals surface area contributed by atoms with Gasteiger partial charge in [-0.25, -0.2) is 8.89 Å². The van der Waals surface area contributed by atoms with Gasteiger partial charge in [-0.15, -0.1) is 0 Å². The van der Waals surface area contributed by atoms with E-state index >= 15 is 0 Å². The van der Waals surface area contributed by atoms with Crippen LogP contribution in [0.5, 0.6) is 0 Å². The lowest BCUT2D eigenvalue weighted by Crippen LogP contribution is -2.27. The van der Waals surface area contributed by atoms with Crippen LogP contribution in [0.15, 0.2) is 54.7 Å². The van der Waals surface area contributed by atoms with E-state index in [0.717, 1.165) is 48.0 Å². The van der Waals surface area contributed by atoms with Crippen LogP contribution in [0.4, 0.5) is 0 Å². The SMILES string of the molecule is O=C1C=C(n2ncc3cc(-c4ccc(C(=O)N5CCCC5)cc4)ccc32)S(=O)N1. The summed E-state index contributed by atoms with van der Waals surface area (Å²) in [6.45, 7) is 1.67. The molecular weight excluding hydrogens is 388 g/mol. The Kier molecular flexibility index (Phi) is 4.28. The standard InChI is InChI=1S/C21H18N4O3S/c26-19-12-20(29(28)23-19)25-18-8-7-16(11-17(18)13-22-25)14-3-5-15(6-4-14)21(27)24-9-1-2-10-24/h3-8,11-13H,1-2,9-10H2,(H,23,26). The molecule has 2 aliphatic rings. The number of benzene rings is 2. The number of rotatable bonds is 3. The van der Waals surface area contributed by atoms with Crippen LogP contribution < -0.4 is 4.72 Å². The van der Waals surface area contributed by atoms with Crippen molar-refractivity contribution in [3.63, 3.8) is 0 Å². The first-order valence-corrected chi connectivity index (χ1v) is 10.6. The molecule has 2 aliphatic heterocycles. The van der Waals surface area contributed by atoms with Gasteiger partial charge < -0.3 is 4.90 Å². The summed E-state index contributed by atoms with van der Waals surface area (Å²) in [6, 6.07) is 13.5. The molecule has 2 amide bonds. The Balaban J connectivity index is 1.44. The molecule has 29 heavy (non-hydrogen) atoms. The average molecular weight is 406 g/mol. The molecule has 0 bridgehead atoms. The van der Waals surface area contributed by atoms with E-state index in [-0.39, 0.29) is 11.8 Å². The van der Waals surface area contributed by atoms with E-state index in [4.69, 9.17) is 0 Å². The monoisotopic (exact) mass is 406 g/mol. The van der Waals surface area contributed by atoms with E-state index in [2.05, 4.69) is 9.82 Å². The van der Waals surface area contributed by atoms with Gasteiger partial charge in [-0.2, -0.15) is 5.10 Å². The Labute approximate surface area is 169 Å². The predicted molar refractivity (Wildman–Crippen MR) is 111 cm³/mol. The lowest BCUT2D eigenvalue weighted by molar-refractivity contribution is -0.114. The molecule has 1 fully saturated rings. The third-order valence-corrected chi connectivity index (χ3v) is 6.33. The first-order valence-electron chi connectivity index (χ1n) is 9.42. The zero-order valence-electron chi connectivity index (χ0n) is 15.5. The molecule has 0 saturated carbocycles. The second kappa shape index (κ2) is 6.97. The van der Waals surface area contributed by atoms with Crippen molar-refractivity contribution in [1.82, 2.24) is 19.4 Å². The second-order valence-corrected chi connectivity index (χ2v) is 8.28. The van der Waals surface area contributed by atoms with Gasteiger partial charge in [0.15, 0.2) is 16.0 Å². The summed E-state index contributed by atoms with van der Waals surface area (Å²) in [6.07, 6.45) is 5.13. The van der Waals surface area contributed by atoms with E-state index in [1.54, 1.807) is 6.20 Å². The second-order valence-electron chi connectivity index (χ2n) is 7.12. The van der Waals surface area contributed by atoms with Gasteiger partial charge in [-0.05, 0) is 48.2 Å². The first kappa shape index (κ1) is 17.8. The molecule has 0 radical (unpaired) electrons. The van der Waals surface area contributed by atoms with Crippen molar-refractivity contribution in [2.24, 2.45) is 0 Å². The van der Waals surface area contributed by atoms with Crippen LogP contribution >= 0.6 is 0 Å². The highest BCUT2D eigenvalue weighted by Gasteiger charge is 2.23. The van der Waals surface area contributed by atoms with Crippen molar-refractivity contribution in [3.05, 3.63) is 60.3 Å². The van der Waals surface area contributed by atoms with Gasteiger partial charge in [0.05, 0.1) is 11.7 Å². The highest BCUT2D eigenvalue weighted by Crippen LogP contribution is 2.27. The van der Waals surface area contributed by atoms with E-state index in [9.17, 15) is 13.8 Å². The summed E-state index contributed by atoms with van der Waals surface area (Å²) in [5.74, 6) is -0.297. The number of amides is 2. The number of nitrogens with zero attached hydrogens (tertiary/aromatic N) is 3. The molecule has 8 heteroatoms. The van der Waals surface area contributed by atoms with Crippen LogP contribution in [0.3, 0.4) is 0 Å². The molecule has 0 spiro atoms. The van der Waals surface area contributed by atoms with Crippen molar-refractivity contribution in [3.8, 4) is 11.1 Å². The van der Waals surface area contributed by atoms with Crippen LogP contribution in [0.25, 0.3) is 27.1 Å². The molecule has 1 N–H and O–H groups in total. The van der Waals surface area contributed by atoms with Crippen LogP contribution in [0.2, 0.25) is 0 Å². The maximum Gasteiger partial charge on any atom is 0.258 e. The van der Waals surface area contributed by atoms with E-state index < -0.39 is 11.0 Å². The van der Waals surface area contributed by atoms with Gasteiger partial charge >= 0.3 is 0 Å². The molecule has 7 nitrogen and oxygen atoms in total. The molecule has 1 unspecified atom stereocenters. The fraction of sp³-hybridized carbons (Fsp3) is 0.190. The molecule has 5 rings (SSSR count). The average Bonchev–Trinajstić information content (AvgIpc) is 3.47. The lowest BCUT2D eigenvalue weighted by Gasteiger charge is -2.15. The lowest BCUT2D eigenvalue weighted by atomic mass is 10.0. The largest absolute Gasteiger partial charge is 0.339 e. The van der Waals surface area contributed by atoms with Crippen LogP contribution in [-0.2, 0) is 15.8 Å². The summed E-state index contributed by atoms with van der Waals surface area (Å²) in [5.41, 5.74) is 3.47. The zero-order chi connectivity index (χ0) is 20.0. The fourth-order valence-electron chi connectivity index (χ4n) is 3.77. The van der Waals surface area contributed by atoms with Crippen LogP contribution in [0, 0.1) is 0 Å². The van der Waals surface area contributed by atoms with E-state index in [1.807, 2.05) is 47.4 Å². The minimum atomic E-state index is -1.60. The van der Waals surface area contributed by atoms with Gasteiger partial charge in [-0.3, -0.25) is 14.3 Å². The van der Waals surface area contributed by atoms with Gasteiger partial charge in [0, 0.05) is 30.1 Å². The topological polar surface area (TPSA) is 84.3 Å². The van der Waals surface area contributed by atoms with Gasteiger partial charge in [-0.1, -0.05) is 18.2 Å². The Morgan fingerprint density at radius 1 is 1.03 bits per heavy atom. The van der Waals surface area contributed by atoms with Gasteiger partial charge in [0.2, 0.25) is 0 Å². The first-order chi connectivity index (χ1) is 14.1. The summed E-state index contributed by atoms with van der Waals surface area (Å²) in [7, 11) is -1.60. The zero-order valence-corrected chi connectivity index (χ0v) is 16.3. The Bertz CT molecular complexity index is 1190. The summed E-state index contributed by atoms with van der Waals surface area (Å²) >= 11 is 0. The maximum atomic E-state index is 12.5. The molecule has 2 aromatic carbocycles. The quantitative estimate of drug-likeness (QED) is 0.724. The molecule has 146 valence electrons.